The van der Waals surface area contributed by atoms with E-state index in [1.807, 2.05) is 0 Å². The van der Waals surface area contributed by atoms with Crippen molar-refractivity contribution in [1.82, 2.24) is 9.80 Å². The monoisotopic (exact) mass is 481 g/mol. The highest BCUT2D eigenvalue weighted by Gasteiger charge is 2.46. The number of hydrogen-bond donors (Lipinski definition) is 1. The highest BCUT2D eigenvalue weighted by molar-refractivity contribution is 6.46. The number of aliphatic hydroxyl groups excluding tert-OH is 1. The fraction of sp³-hybridized carbons (Fsp3) is 0.360. The van der Waals surface area contributed by atoms with E-state index in [4.69, 9.17) is 9.47 Å². The maximum absolute atomic E-state index is 13.1. The molecule has 0 saturated carbocycles. The van der Waals surface area contributed by atoms with Crippen LogP contribution >= 0.6 is 0 Å². The number of carbonyl (C=O) groups excluding carboxylic acids is 2. The lowest BCUT2D eigenvalue weighted by Crippen LogP contribution is -2.39. The summed E-state index contributed by atoms with van der Waals surface area (Å²) in [5.74, 6) is -1.32. The Balaban J connectivity index is 1.70. The molecule has 1 atom stereocenters. The lowest BCUT2D eigenvalue weighted by Gasteiger charge is -2.29. The molecule has 0 aromatic heterocycles. The summed E-state index contributed by atoms with van der Waals surface area (Å²) >= 11 is 0. The van der Waals surface area contributed by atoms with Crippen LogP contribution in [0.5, 0.6) is 5.75 Å². The van der Waals surface area contributed by atoms with Crippen LogP contribution in [0.25, 0.3) is 5.76 Å². The molecule has 1 amide bonds. The number of ether oxygens (including phenoxy) is 2. The molecule has 2 heterocycles. The van der Waals surface area contributed by atoms with Gasteiger partial charge in [-0.25, -0.2) is 0 Å². The van der Waals surface area contributed by atoms with Crippen molar-refractivity contribution in [1.29, 1.82) is 0 Å². The molecule has 1 N–H and O–H groups in total. The highest BCUT2D eigenvalue weighted by atomic mass is 16.6. The third-order valence-electron chi connectivity index (χ3n) is 6.28. The standard InChI is InChI=1S/C25H27N3O7/c1-34-20-8-6-17(7-9-20)23(29)21-22(18-4-2-5-19(16-18)28(32)33)27(25(31)24(21)30)11-3-10-26-12-14-35-15-13-26/h2,4-9,16,22,29H,3,10-15H2,1H3/b23-21+. The molecule has 0 radical (unpaired) electrons. The lowest BCUT2D eigenvalue weighted by molar-refractivity contribution is -0.384. The molecule has 35 heavy (non-hydrogen) atoms. The molecule has 0 bridgehead atoms. The number of aliphatic hydroxyl groups is 1. The topological polar surface area (TPSA) is 122 Å². The summed E-state index contributed by atoms with van der Waals surface area (Å²) in [7, 11) is 1.51. The second-order valence-corrected chi connectivity index (χ2v) is 8.38. The van der Waals surface area contributed by atoms with E-state index in [0.717, 1.165) is 13.1 Å². The predicted octanol–water partition coefficient (Wildman–Crippen LogP) is 2.75. The van der Waals surface area contributed by atoms with Crippen molar-refractivity contribution >= 4 is 23.1 Å². The number of amides is 1. The third kappa shape index (κ3) is 5.18. The molecule has 0 aliphatic carbocycles. The quantitative estimate of drug-likeness (QED) is 0.201. The molecular weight excluding hydrogens is 454 g/mol. The van der Waals surface area contributed by atoms with Crippen molar-refractivity contribution in [3.63, 3.8) is 0 Å². The first-order valence-electron chi connectivity index (χ1n) is 11.4. The Hall–Kier alpha value is -3.76. The number of nitro groups is 1. The first-order valence-corrected chi connectivity index (χ1v) is 11.4. The van der Waals surface area contributed by atoms with Gasteiger partial charge in [0.25, 0.3) is 17.4 Å². The minimum Gasteiger partial charge on any atom is -0.507 e. The van der Waals surface area contributed by atoms with E-state index in [-0.39, 0.29) is 23.6 Å². The molecule has 2 fully saturated rings. The Morgan fingerprint density at radius 3 is 2.51 bits per heavy atom. The average molecular weight is 482 g/mol. The molecule has 2 aromatic rings. The smallest absolute Gasteiger partial charge is 0.295 e. The number of hydrogen-bond acceptors (Lipinski definition) is 8. The van der Waals surface area contributed by atoms with Gasteiger partial charge < -0.3 is 19.5 Å². The first kappa shape index (κ1) is 24.4. The van der Waals surface area contributed by atoms with Crippen molar-refractivity contribution in [3.05, 3.63) is 75.3 Å². The first-order chi connectivity index (χ1) is 16.9. The van der Waals surface area contributed by atoms with E-state index < -0.39 is 22.7 Å². The second-order valence-electron chi connectivity index (χ2n) is 8.38. The van der Waals surface area contributed by atoms with Crippen molar-refractivity contribution in [3.8, 4) is 5.75 Å². The van der Waals surface area contributed by atoms with E-state index in [1.165, 1.54) is 30.2 Å². The number of methoxy groups -OCH3 is 1. The van der Waals surface area contributed by atoms with Gasteiger partial charge in [0.1, 0.15) is 11.5 Å². The summed E-state index contributed by atoms with van der Waals surface area (Å²) in [5.41, 5.74) is 0.477. The number of Topliss-reactive ketones (excluding diaryl/α,β-unsaturated/α-hetero) is 1. The number of benzene rings is 2. The van der Waals surface area contributed by atoms with E-state index in [2.05, 4.69) is 4.90 Å². The van der Waals surface area contributed by atoms with Gasteiger partial charge in [-0.05, 0) is 36.2 Å². The summed E-state index contributed by atoms with van der Waals surface area (Å²) in [6.07, 6.45) is 0.598. The van der Waals surface area contributed by atoms with Gasteiger partial charge in [-0.15, -0.1) is 0 Å². The largest absolute Gasteiger partial charge is 0.507 e. The Bertz CT molecular complexity index is 1140. The fourth-order valence-corrected chi connectivity index (χ4v) is 4.46. The normalized spacial score (nSPS) is 20.3. The van der Waals surface area contributed by atoms with Crippen molar-refractivity contribution in [2.75, 3.05) is 46.5 Å². The lowest BCUT2D eigenvalue weighted by atomic mass is 9.95. The number of likely N-dealkylation sites (tertiary alicyclic amines) is 1. The number of non-ortho nitro benzene ring substituents is 1. The molecule has 0 spiro atoms. The van der Waals surface area contributed by atoms with Gasteiger partial charge in [0.15, 0.2) is 0 Å². The summed E-state index contributed by atoms with van der Waals surface area (Å²) in [6, 6.07) is 11.3. The van der Waals surface area contributed by atoms with E-state index in [1.54, 1.807) is 30.3 Å². The van der Waals surface area contributed by atoms with Crippen molar-refractivity contribution in [2.45, 2.75) is 12.5 Å². The zero-order valence-electron chi connectivity index (χ0n) is 19.4. The molecule has 10 nitrogen and oxygen atoms in total. The SMILES string of the molecule is COc1ccc(/C(O)=C2\C(=O)C(=O)N(CCCN3CCOCC3)C2c2cccc([N+](=O)[O-])c2)cc1. The fourth-order valence-electron chi connectivity index (χ4n) is 4.46. The predicted molar refractivity (Wildman–Crippen MR) is 127 cm³/mol. The Morgan fingerprint density at radius 2 is 1.86 bits per heavy atom. The Labute approximate surface area is 202 Å². The minimum absolute atomic E-state index is 0.0907. The van der Waals surface area contributed by atoms with Gasteiger partial charge in [-0.2, -0.15) is 0 Å². The molecular formula is C25H27N3O7. The molecule has 10 heteroatoms. The van der Waals surface area contributed by atoms with Crippen LogP contribution in [0.1, 0.15) is 23.6 Å². The van der Waals surface area contributed by atoms with Crippen molar-refractivity contribution < 1.29 is 29.1 Å². The number of carbonyl (C=O) groups is 2. The summed E-state index contributed by atoms with van der Waals surface area (Å²) in [6.45, 7) is 3.87. The van der Waals surface area contributed by atoms with E-state index >= 15 is 0 Å². The van der Waals surface area contributed by atoms with Crippen LogP contribution < -0.4 is 4.74 Å². The zero-order chi connectivity index (χ0) is 24.9. The third-order valence-corrected chi connectivity index (χ3v) is 6.28. The van der Waals surface area contributed by atoms with Crippen LogP contribution in [-0.2, 0) is 14.3 Å². The summed E-state index contributed by atoms with van der Waals surface area (Å²) in [4.78, 5) is 40.7. The number of rotatable bonds is 8. The molecule has 184 valence electrons. The van der Waals surface area contributed by atoms with Crippen LogP contribution in [0.2, 0.25) is 0 Å². The molecule has 1 unspecified atom stereocenters. The molecule has 4 rings (SSSR count). The van der Waals surface area contributed by atoms with Gasteiger partial charge in [0, 0.05) is 43.9 Å². The Kier molecular flexibility index (Phi) is 7.42. The Morgan fingerprint density at radius 1 is 1.14 bits per heavy atom. The van der Waals surface area contributed by atoms with Gasteiger partial charge in [0.05, 0.1) is 36.9 Å². The van der Waals surface area contributed by atoms with Gasteiger partial charge >= 0.3 is 0 Å². The van der Waals surface area contributed by atoms with Gasteiger partial charge in [-0.3, -0.25) is 24.6 Å². The van der Waals surface area contributed by atoms with Crippen LogP contribution in [0.4, 0.5) is 5.69 Å². The maximum Gasteiger partial charge on any atom is 0.295 e. The van der Waals surface area contributed by atoms with E-state index in [0.29, 0.717) is 43.1 Å². The molecule has 2 aromatic carbocycles. The summed E-state index contributed by atoms with van der Waals surface area (Å²) < 4.78 is 10.5. The number of morpholine rings is 1. The minimum atomic E-state index is -0.943. The van der Waals surface area contributed by atoms with Crippen LogP contribution in [0.3, 0.4) is 0 Å². The van der Waals surface area contributed by atoms with Crippen LogP contribution in [-0.4, -0.2) is 78.0 Å². The van der Waals surface area contributed by atoms with Gasteiger partial charge in [-0.1, -0.05) is 12.1 Å². The highest BCUT2D eigenvalue weighted by Crippen LogP contribution is 2.40. The number of nitrogens with zero attached hydrogens (tertiary/aromatic N) is 3. The average Bonchev–Trinajstić information content (AvgIpc) is 3.14. The van der Waals surface area contributed by atoms with Crippen LogP contribution in [0, 0.1) is 10.1 Å². The second kappa shape index (κ2) is 10.7. The van der Waals surface area contributed by atoms with Crippen LogP contribution in [0.15, 0.2) is 54.1 Å². The van der Waals surface area contributed by atoms with Gasteiger partial charge in [0.2, 0.25) is 0 Å². The summed E-state index contributed by atoms with van der Waals surface area (Å²) in [5, 5.41) is 22.5. The maximum atomic E-state index is 13.1. The van der Waals surface area contributed by atoms with Crippen molar-refractivity contribution in [2.24, 2.45) is 0 Å². The number of ketones is 1. The molecule has 2 saturated heterocycles. The number of nitro benzene ring substituents is 1. The molecule has 2 aliphatic rings. The zero-order valence-corrected chi connectivity index (χ0v) is 19.4. The molecule has 2 aliphatic heterocycles. The van der Waals surface area contributed by atoms with E-state index in [9.17, 15) is 24.8 Å².